The SMILES string of the molecule is COC(=O)c1cc(NC(=O)C2(c3ccc(C(F)(F)F)cc3F)CC2)ccc1-n1cc(C(C)(C)C)cn1. The number of alkyl halides is 3. The van der Waals surface area contributed by atoms with Crippen LogP contribution in [-0.4, -0.2) is 28.8 Å². The summed E-state index contributed by atoms with van der Waals surface area (Å²) >= 11 is 0. The second-order valence-corrected chi connectivity index (χ2v) is 9.88. The van der Waals surface area contributed by atoms with Crippen molar-refractivity contribution in [2.75, 3.05) is 12.4 Å². The number of anilines is 1. The third kappa shape index (κ3) is 4.72. The second-order valence-electron chi connectivity index (χ2n) is 9.88. The van der Waals surface area contributed by atoms with Crippen molar-refractivity contribution in [1.82, 2.24) is 9.78 Å². The maximum Gasteiger partial charge on any atom is 0.416 e. The summed E-state index contributed by atoms with van der Waals surface area (Å²) in [5.41, 5.74) is -0.868. The Kier molecular flexibility index (Phi) is 6.18. The number of aromatic nitrogens is 2. The van der Waals surface area contributed by atoms with Crippen LogP contribution in [0.4, 0.5) is 23.2 Å². The lowest BCUT2D eigenvalue weighted by Gasteiger charge is -2.18. The van der Waals surface area contributed by atoms with E-state index in [1.54, 1.807) is 29.2 Å². The number of ether oxygens (including phenoxy) is 1. The van der Waals surface area contributed by atoms with Gasteiger partial charge in [0.15, 0.2) is 0 Å². The van der Waals surface area contributed by atoms with Crippen molar-refractivity contribution in [1.29, 1.82) is 0 Å². The second kappa shape index (κ2) is 8.76. The van der Waals surface area contributed by atoms with Crippen LogP contribution in [0.25, 0.3) is 5.69 Å². The van der Waals surface area contributed by atoms with Crippen LogP contribution >= 0.6 is 0 Å². The smallest absolute Gasteiger partial charge is 0.416 e. The van der Waals surface area contributed by atoms with Gasteiger partial charge in [0, 0.05) is 17.4 Å². The van der Waals surface area contributed by atoms with Gasteiger partial charge in [-0.1, -0.05) is 26.8 Å². The molecule has 0 atom stereocenters. The summed E-state index contributed by atoms with van der Waals surface area (Å²) in [6.07, 6.45) is -0.622. The zero-order chi connectivity index (χ0) is 26.5. The molecule has 1 aromatic heterocycles. The molecule has 1 heterocycles. The maximum absolute atomic E-state index is 14.6. The third-order valence-corrected chi connectivity index (χ3v) is 6.35. The van der Waals surface area contributed by atoms with Crippen LogP contribution in [-0.2, 0) is 26.5 Å². The first kappa shape index (κ1) is 25.4. The normalized spacial score (nSPS) is 14.9. The Balaban J connectivity index is 1.63. The zero-order valence-corrected chi connectivity index (χ0v) is 20.2. The number of hydrogen-bond acceptors (Lipinski definition) is 4. The Hall–Kier alpha value is -3.69. The summed E-state index contributed by atoms with van der Waals surface area (Å²) in [6, 6.07) is 6.78. The van der Waals surface area contributed by atoms with Gasteiger partial charge in [-0.15, -0.1) is 0 Å². The molecule has 10 heteroatoms. The van der Waals surface area contributed by atoms with Gasteiger partial charge in [0.2, 0.25) is 5.91 Å². The summed E-state index contributed by atoms with van der Waals surface area (Å²) in [4.78, 5) is 25.6. The fraction of sp³-hybridized carbons (Fsp3) is 0.346. The number of hydrogen-bond donors (Lipinski definition) is 1. The summed E-state index contributed by atoms with van der Waals surface area (Å²) in [6.45, 7) is 6.09. The van der Waals surface area contributed by atoms with E-state index in [0.717, 1.165) is 17.7 Å². The Morgan fingerprint density at radius 3 is 2.28 bits per heavy atom. The number of halogens is 4. The van der Waals surface area contributed by atoms with Crippen LogP contribution in [0.1, 0.15) is 60.7 Å². The lowest BCUT2D eigenvalue weighted by atomic mass is 9.90. The van der Waals surface area contributed by atoms with Crippen molar-refractivity contribution < 1.29 is 31.9 Å². The van der Waals surface area contributed by atoms with Crippen LogP contribution in [0, 0.1) is 5.82 Å². The Bertz CT molecular complexity index is 1330. The topological polar surface area (TPSA) is 73.2 Å². The number of methoxy groups -OCH3 is 1. The molecule has 0 aliphatic heterocycles. The molecule has 1 aliphatic carbocycles. The predicted octanol–water partition coefficient (Wildman–Crippen LogP) is 5.78. The minimum absolute atomic E-state index is 0.0935. The highest BCUT2D eigenvalue weighted by atomic mass is 19.4. The van der Waals surface area contributed by atoms with Gasteiger partial charge in [0.25, 0.3) is 0 Å². The minimum atomic E-state index is -4.69. The van der Waals surface area contributed by atoms with Crippen molar-refractivity contribution in [2.24, 2.45) is 0 Å². The monoisotopic (exact) mass is 503 g/mol. The maximum atomic E-state index is 14.6. The molecule has 1 amide bonds. The predicted molar refractivity (Wildman–Crippen MR) is 125 cm³/mol. The van der Waals surface area contributed by atoms with Gasteiger partial charge >= 0.3 is 12.1 Å². The van der Waals surface area contributed by atoms with Crippen molar-refractivity contribution >= 4 is 17.6 Å². The highest BCUT2D eigenvalue weighted by molar-refractivity contribution is 6.03. The van der Waals surface area contributed by atoms with E-state index >= 15 is 0 Å². The van der Waals surface area contributed by atoms with Crippen LogP contribution in [0.2, 0.25) is 0 Å². The summed E-state index contributed by atoms with van der Waals surface area (Å²) in [5.74, 6) is -2.31. The molecule has 0 saturated heterocycles. The molecule has 0 unspecified atom stereocenters. The molecule has 36 heavy (non-hydrogen) atoms. The third-order valence-electron chi connectivity index (χ3n) is 6.35. The van der Waals surface area contributed by atoms with Gasteiger partial charge < -0.3 is 10.1 Å². The molecule has 0 spiro atoms. The van der Waals surface area contributed by atoms with Gasteiger partial charge in [-0.25, -0.2) is 13.9 Å². The van der Waals surface area contributed by atoms with Gasteiger partial charge in [-0.3, -0.25) is 4.79 Å². The first-order valence-electron chi connectivity index (χ1n) is 11.2. The number of rotatable bonds is 5. The van der Waals surface area contributed by atoms with Crippen LogP contribution < -0.4 is 5.32 Å². The molecule has 4 rings (SSSR count). The van der Waals surface area contributed by atoms with Crippen molar-refractivity contribution in [3.05, 3.63) is 76.9 Å². The Morgan fingerprint density at radius 2 is 1.75 bits per heavy atom. The molecule has 6 nitrogen and oxygen atoms in total. The fourth-order valence-electron chi connectivity index (χ4n) is 4.00. The molecule has 3 aromatic rings. The average molecular weight is 503 g/mol. The molecule has 190 valence electrons. The van der Waals surface area contributed by atoms with Gasteiger partial charge in [-0.05, 0) is 54.2 Å². The quantitative estimate of drug-likeness (QED) is 0.354. The Morgan fingerprint density at radius 1 is 1.06 bits per heavy atom. The molecule has 2 aromatic carbocycles. The number of nitrogens with one attached hydrogen (secondary N) is 1. The van der Waals surface area contributed by atoms with Crippen LogP contribution in [0.5, 0.6) is 0 Å². The molecule has 1 aliphatic rings. The molecule has 1 saturated carbocycles. The Labute approximate surface area is 205 Å². The standard InChI is InChI=1S/C26H25F4N3O3/c1-24(2,3)16-13-31-33(14-16)21-8-6-17(12-18(21)22(34)36-4)32-23(35)25(9-10-25)19-7-5-15(11-20(19)27)26(28,29)30/h5-8,11-14H,9-10H2,1-4H3,(H,32,35). The van der Waals surface area contributed by atoms with E-state index < -0.39 is 34.8 Å². The number of carbonyl (C=O) groups is 2. The van der Waals surface area contributed by atoms with E-state index in [1.165, 1.54) is 13.2 Å². The summed E-state index contributed by atoms with van der Waals surface area (Å²) in [7, 11) is 1.23. The van der Waals surface area contributed by atoms with E-state index in [9.17, 15) is 27.2 Å². The number of nitrogens with zero attached hydrogens (tertiary/aromatic N) is 2. The van der Waals surface area contributed by atoms with E-state index in [0.29, 0.717) is 11.8 Å². The van der Waals surface area contributed by atoms with Crippen LogP contribution in [0.15, 0.2) is 48.8 Å². The van der Waals surface area contributed by atoms with Crippen molar-refractivity contribution in [2.45, 2.75) is 50.6 Å². The largest absolute Gasteiger partial charge is 0.465 e. The number of benzene rings is 2. The molecular formula is C26H25F4N3O3. The number of esters is 1. The van der Waals surface area contributed by atoms with Crippen LogP contribution in [0.3, 0.4) is 0 Å². The molecule has 0 bridgehead atoms. The van der Waals surface area contributed by atoms with E-state index in [4.69, 9.17) is 4.74 Å². The van der Waals surface area contributed by atoms with Crippen molar-refractivity contribution in [3.8, 4) is 5.69 Å². The first-order chi connectivity index (χ1) is 16.8. The zero-order valence-electron chi connectivity index (χ0n) is 20.2. The molecule has 1 fully saturated rings. The highest BCUT2D eigenvalue weighted by Gasteiger charge is 2.53. The van der Waals surface area contributed by atoms with Gasteiger partial charge in [0.1, 0.15) is 5.82 Å². The molecular weight excluding hydrogens is 478 g/mol. The van der Waals surface area contributed by atoms with E-state index in [1.807, 2.05) is 20.8 Å². The minimum Gasteiger partial charge on any atom is -0.465 e. The number of amides is 1. The molecule has 0 radical (unpaired) electrons. The van der Waals surface area contributed by atoms with Crippen molar-refractivity contribution in [3.63, 3.8) is 0 Å². The van der Waals surface area contributed by atoms with E-state index in [-0.39, 0.29) is 35.1 Å². The van der Waals surface area contributed by atoms with Gasteiger partial charge in [0.05, 0.1) is 35.5 Å². The summed E-state index contributed by atoms with van der Waals surface area (Å²) in [5, 5.41) is 7.02. The van der Waals surface area contributed by atoms with Gasteiger partial charge in [-0.2, -0.15) is 18.3 Å². The highest BCUT2D eigenvalue weighted by Crippen LogP contribution is 2.50. The lowest BCUT2D eigenvalue weighted by molar-refractivity contribution is -0.137. The first-order valence-corrected chi connectivity index (χ1v) is 11.2. The lowest BCUT2D eigenvalue weighted by Crippen LogP contribution is -2.29. The summed E-state index contributed by atoms with van der Waals surface area (Å²) < 4.78 is 59.8. The average Bonchev–Trinajstić information content (AvgIpc) is 3.45. The fourth-order valence-corrected chi connectivity index (χ4v) is 4.00. The van der Waals surface area contributed by atoms with E-state index in [2.05, 4.69) is 10.4 Å². The molecule has 1 N–H and O–H groups in total. The number of carbonyl (C=O) groups excluding carboxylic acids is 2.